The van der Waals surface area contributed by atoms with Gasteiger partial charge in [0.05, 0.1) is 0 Å². The molecule has 5 heteroatoms. The van der Waals surface area contributed by atoms with E-state index in [0.29, 0.717) is 25.3 Å². The van der Waals surface area contributed by atoms with Crippen molar-refractivity contribution >= 4 is 11.8 Å². The van der Waals surface area contributed by atoms with Gasteiger partial charge in [0.15, 0.2) is 0 Å². The summed E-state index contributed by atoms with van der Waals surface area (Å²) in [5.41, 5.74) is 5.59. The number of nitrogens with one attached hydrogen (secondary N) is 1. The van der Waals surface area contributed by atoms with Gasteiger partial charge >= 0.3 is 0 Å². The van der Waals surface area contributed by atoms with E-state index in [1.54, 1.807) is 0 Å². The number of likely N-dealkylation sites (tertiary alicyclic amines) is 1. The van der Waals surface area contributed by atoms with Crippen LogP contribution in [-0.2, 0) is 9.59 Å². The molecule has 1 unspecified atom stereocenters. The Hall–Kier alpha value is -1.10. The zero-order valence-corrected chi connectivity index (χ0v) is 13.6. The van der Waals surface area contributed by atoms with Crippen LogP contribution in [0.5, 0.6) is 0 Å². The van der Waals surface area contributed by atoms with Crippen LogP contribution in [0.1, 0.15) is 58.8 Å². The summed E-state index contributed by atoms with van der Waals surface area (Å²) in [6, 6.07) is 0.238. The molecule has 5 nitrogen and oxygen atoms in total. The average Bonchev–Trinajstić information content (AvgIpc) is 2.51. The van der Waals surface area contributed by atoms with E-state index in [4.69, 9.17) is 5.73 Å². The zero-order chi connectivity index (χ0) is 15.7. The highest BCUT2D eigenvalue weighted by atomic mass is 16.2. The molecule has 1 atom stereocenters. The highest BCUT2D eigenvalue weighted by Gasteiger charge is 2.23. The molecule has 0 radical (unpaired) electrons. The Morgan fingerprint density at radius 2 is 1.90 bits per heavy atom. The molecular weight excluding hydrogens is 266 g/mol. The summed E-state index contributed by atoms with van der Waals surface area (Å²) in [6.07, 6.45) is 5.95. The molecule has 21 heavy (non-hydrogen) atoms. The average molecular weight is 297 g/mol. The van der Waals surface area contributed by atoms with Gasteiger partial charge in [-0.05, 0) is 38.1 Å². The van der Waals surface area contributed by atoms with Crippen LogP contribution in [0.2, 0.25) is 0 Å². The van der Waals surface area contributed by atoms with Crippen molar-refractivity contribution in [2.24, 2.45) is 11.7 Å². The van der Waals surface area contributed by atoms with Crippen LogP contribution in [0.15, 0.2) is 0 Å². The minimum atomic E-state index is 0.104. The normalized spacial score (nSPS) is 17.6. The van der Waals surface area contributed by atoms with E-state index >= 15 is 0 Å². The van der Waals surface area contributed by atoms with Gasteiger partial charge in [-0.2, -0.15) is 0 Å². The third-order valence-corrected chi connectivity index (χ3v) is 4.45. The van der Waals surface area contributed by atoms with Gasteiger partial charge in [0.1, 0.15) is 0 Å². The number of piperidine rings is 1. The van der Waals surface area contributed by atoms with Crippen molar-refractivity contribution in [1.82, 2.24) is 10.2 Å². The lowest BCUT2D eigenvalue weighted by Crippen LogP contribution is -2.46. The van der Waals surface area contributed by atoms with Gasteiger partial charge in [0.25, 0.3) is 0 Å². The van der Waals surface area contributed by atoms with E-state index in [-0.39, 0.29) is 17.9 Å². The molecule has 1 fully saturated rings. The molecule has 1 rings (SSSR count). The van der Waals surface area contributed by atoms with Crippen molar-refractivity contribution in [3.63, 3.8) is 0 Å². The van der Waals surface area contributed by atoms with Gasteiger partial charge in [-0.15, -0.1) is 0 Å². The standard InChI is InChI=1S/C16H31N3O2/c1-3-13(7-10-17)5-6-16(21)19-11-8-14(9-12-19)18-15(20)4-2/h13-14H,3-12,17H2,1-2H3,(H,18,20). The second-order valence-corrected chi connectivity index (χ2v) is 5.97. The topological polar surface area (TPSA) is 75.4 Å². The van der Waals surface area contributed by atoms with E-state index in [9.17, 15) is 9.59 Å². The largest absolute Gasteiger partial charge is 0.353 e. The summed E-state index contributed by atoms with van der Waals surface area (Å²) in [4.78, 5) is 25.5. The Kier molecular flexibility index (Phi) is 8.35. The summed E-state index contributed by atoms with van der Waals surface area (Å²) < 4.78 is 0. The lowest BCUT2D eigenvalue weighted by molar-refractivity contribution is -0.132. The summed E-state index contributed by atoms with van der Waals surface area (Å²) in [5.74, 6) is 0.929. The SMILES string of the molecule is CCC(=O)NC1CCN(C(=O)CCC(CC)CCN)CC1. The first-order valence-corrected chi connectivity index (χ1v) is 8.37. The Bertz CT molecular complexity index is 325. The summed E-state index contributed by atoms with van der Waals surface area (Å²) in [7, 11) is 0. The van der Waals surface area contributed by atoms with Gasteiger partial charge in [0, 0.05) is 32.0 Å². The first kappa shape index (κ1) is 18.0. The zero-order valence-electron chi connectivity index (χ0n) is 13.6. The maximum atomic E-state index is 12.2. The van der Waals surface area contributed by atoms with Gasteiger partial charge < -0.3 is 16.0 Å². The van der Waals surface area contributed by atoms with E-state index in [0.717, 1.165) is 45.2 Å². The molecule has 0 bridgehead atoms. The molecule has 0 spiro atoms. The van der Waals surface area contributed by atoms with Crippen LogP contribution < -0.4 is 11.1 Å². The van der Waals surface area contributed by atoms with E-state index < -0.39 is 0 Å². The molecule has 1 saturated heterocycles. The van der Waals surface area contributed by atoms with Crippen LogP contribution in [0, 0.1) is 5.92 Å². The quantitative estimate of drug-likeness (QED) is 0.715. The Morgan fingerprint density at radius 1 is 1.24 bits per heavy atom. The van der Waals surface area contributed by atoms with Crippen molar-refractivity contribution in [2.75, 3.05) is 19.6 Å². The maximum absolute atomic E-state index is 12.2. The Labute approximate surface area is 128 Å². The van der Waals surface area contributed by atoms with Crippen LogP contribution >= 0.6 is 0 Å². The third-order valence-electron chi connectivity index (χ3n) is 4.45. The Morgan fingerprint density at radius 3 is 2.43 bits per heavy atom. The van der Waals surface area contributed by atoms with Crippen LogP contribution in [-0.4, -0.2) is 42.4 Å². The van der Waals surface area contributed by atoms with Crippen molar-refractivity contribution in [2.45, 2.75) is 64.8 Å². The molecule has 1 aliphatic heterocycles. The Balaban J connectivity index is 2.26. The second-order valence-electron chi connectivity index (χ2n) is 5.97. The fourth-order valence-electron chi connectivity index (χ4n) is 2.88. The van der Waals surface area contributed by atoms with Crippen LogP contribution in [0.4, 0.5) is 0 Å². The predicted molar refractivity (Wildman–Crippen MR) is 84.7 cm³/mol. The van der Waals surface area contributed by atoms with Crippen molar-refractivity contribution in [3.8, 4) is 0 Å². The highest BCUT2D eigenvalue weighted by Crippen LogP contribution is 2.17. The highest BCUT2D eigenvalue weighted by molar-refractivity contribution is 5.77. The minimum Gasteiger partial charge on any atom is -0.353 e. The van der Waals surface area contributed by atoms with E-state index in [1.807, 2.05) is 11.8 Å². The van der Waals surface area contributed by atoms with Gasteiger partial charge in [-0.3, -0.25) is 9.59 Å². The molecule has 0 aromatic carbocycles. The van der Waals surface area contributed by atoms with Crippen molar-refractivity contribution in [3.05, 3.63) is 0 Å². The van der Waals surface area contributed by atoms with Crippen LogP contribution in [0.25, 0.3) is 0 Å². The number of hydrogen-bond acceptors (Lipinski definition) is 3. The van der Waals surface area contributed by atoms with Gasteiger partial charge in [-0.1, -0.05) is 20.3 Å². The monoisotopic (exact) mass is 297 g/mol. The van der Waals surface area contributed by atoms with Crippen molar-refractivity contribution < 1.29 is 9.59 Å². The van der Waals surface area contributed by atoms with E-state index in [2.05, 4.69) is 12.2 Å². The number of hydrogen-bond donors (Lipinski definition) is 2. The summed E-state index contributed by atoms with van der Waals surface area (Å²) >= 11 is 0. The molecule has 1 heterocycles. The molecule has 0 aromatic rings. The first-order valence-electron chi connectivity index (χ1n) is 8.37. The summed E-state index contributed by atoms with van der Waals surface area (Å²) in [5, 5.41) is 3.01. The smallest absolute Gasteiger partial charge is 0.222 e. The number of nitrogens with zero attached hydrogens (tertiary/aromatic N) is 1. The third kappa shape index (κ3) is 6.46. The lowest BCUT2D eigenvalue weighted by atomic mass is 9.96. The first-order chi connectivity index (χ1) is 10.1. The van der Waals surface area contributed by atoms with Gasteiger partial charge in [-0.25, -0.2) is 0 Å². The number of amides is 2. The van der Waals surface area contributed by atoms with Crippen molar-refractivity contribution in [1.29, 1.82) is 0 Å². The molecule has 0 aliphatic carbocycles. The molecule has 2 amide bonds. The van der Waals surface area contributed by atoms with Crippen LogP contribution in [0.3, 0.4) is 0 Å². The molecular formula is C16H31N3O2. The number of carbonyl (C=O) groups is 2. The van der Waals surface area contributed by atoms with Gasteiger partial charge in [0.2, 0.25) is 11.8 Å². The number of rotatable bonds is 8. The fraction of sp³-hybridized carbons (Fsp3) is 0.875. The number of nitrogens with two attached hydrogens (primary N) is 1. The predicted octanol–water partition coefficient (Wildman–Crippen LogP) is 1.66. The minimum absolute atomic E-state index is 0.104. The molecule has 1 aliphatic rings. The molecule has 0 saturated carbocycles. The fourth-order valence-corrected chi connectivity index (χ4v) is 2.88. The molecule has 3 N–H and O–H groups in total. The number of carbonyl (C=O) groups excluding carboxylic acids is 2. The lowest BCUT2D eigenvalue weighted by Gasteiger charge is -2.32. The molecule has 122 valence electrons. The molecule has 0 aromatic heterocycles. The summed E-state index contributed by atoms with van der Waals surface area (Å²) in [6.45, 7) is 6.25. The van der Waals surface area contributed by atoms with E-state index in [1.165, 1.54) is 0 Å². The second kappa shape index (κ2) is 9.77. The maximum Gasteiger partial charge on any atom is 0.222 e.